The number of hydrogen-bond donors (Lipinski definition) is 1. The number of carbonyl (C=O) groups is 1. The highest BCUT2D eigenvalue weighted by atomic mass is 16.5. The van der Waals surface area contributed by atoms with Gasteiger partial charge in [-0.3, -0.25) is 4.79 Å². The summed E-state index contributed by atoms with van der Waals surface area (Å²) in [4.78, 5) is 12.1. The van der Waals surface area contributed by atoms with Gasteiger partial charge in [0.05, 0.1) is 12.8 Å². The van der Waals surface area contributed by atoms with Crippen molar-refractivity contribution in [3.63, 3.8) is 0 Å². The van der Waals surface area contributed by atoms with Crippen LogP contribution in [0.15, 0.2) is 53.6 Å². The minimum atomic E-state index is -0.303. The van der Waals surface area contributed by atoms with Gasteiger partial charge in [0.15, 0.2) is 6.61 Å². The van der Waals surface area contributed by atoms with Crippen LogP contribution in [0.3, 0.4) is 0 Å². The molecule has 0 radical (unpaired) electrons. The van der Waals surface area contributed by atoms with Crippen molar-refractivity contribution < 1.29 is 14.3 Å². The molecule has 0 atom stereocenters. The van der Waals surface area contributed by atoms with Crippen LogP contribution in [0.4, 0.5) is 0 Å². The zero-order chi connectivity index (χ0) is 26.4. The molecule has 0 unspecified atom stereocenters. The maximum Gasteiger partial charge on any atom is 0.277 e. The number of unbranched alkanes of at least 4 members (excludes halogenated alkanes) is 5. The summed E-state index contributed by atoms with van der Waals surface area (Å²) >= 11 is 0. The minimum absolute atomic E-state index is 0.0705. The molecule has 0 saturated carbocycles. The van der Waals surface area contributed by atoms with Crippen molar-refractivity contribution in [3.8, 4) is 11.5 Å². The average molecular weight is 495 g/mol. The van der Waals surface area contributed by atoms with Crippen LogP contribution in [0.5, 0.6) is 11.5 Å². The van der Waals surface area contributed by atoms with E-state index in [4.69, 9.17) is 9.47 Å². The molecule has 1 amide bonds. The third-order valence-electron chi connectivity index (χ3n) is 6.03. The fraction of sp³-hybridized carbons (Fsp3) is 0.548. The van der Waals surface area contributed by atoms with Crippen LogP contribution in [0, 0.1) is 5.41 Å². The second kappa shape index (κ2) is 14.7. The number of hydrogen-bond acceptors (Lipinski definition) is 4. The van der Waals surface area contributed by atoms with Crippen molar-refractivity contribution in [1.82, 2.24) is 5.43 Å². The first-order valence-electron chi connectivity index (χ1n) is 13.4. The quantitative estimate of drug-likeness (QED) is 0.157. The van der Waals surface area contributed by atoms with E-state index in [0.717, 1.165) is 30.8 Å². The maximum atomic E-state index is 12.1. The number of rotatable bonds is 15. The molecule has 198 valence electrons. The van der Waals surface area contributed by atoms with Gasteiger partial charge in [-0.1, -0.05) is 85.8 Å². The Morgan fingerprint density at radius 2 is 1.42 bits per heavy atom. The lowest BCUT2D eigenvalue weighted by atomic mass is 9.72. The van der Waals surface area contributed by atoms with Crippen LogP contribution >= 0.6 is 0 Å². The molecule has 0 aliphatic rings. The van der Waals surface area contributed by atoms with Gasteiger partial charge in [0, 0.05) is 0 Å². The molecular formula is C31H46N2O3. The maximum absolute atomic E-state index is 12.1. The number of amides is 1. The average Bonchev–Trinajstić information content (AvgIpc) is 2.82. The molecule has 2 aromatic rings. The van der Waals surface area contributed by atoms with Crippen molar-refractivity contribution in [1.29, 1.82) is 0 Å². The van der Waals surface area contributed by atoms with Gasteiger partial charge in [0.2, 0.25) is 0 Å². The third-order valence-corrected chi connectivity index (χ3v) is 6.03. The van der Waals surface area contributed by atoms with E-state index in [2.05, 4.69) is 64.2 Å². The van der Waals surface area contributed by atoms with E-state index in [1.807, 2.05) is 36.4 Å². The zero-order valence-electron chi connectivity index (χ0n) is 23.2. The number of ether oxygens (including phenoxy) is 2. The molecule has 2 rings (SSSR count). The van der Waals surface area contributed by atoms with E-state index < -0.39 is 0 Å². The van der Waals surface area contributed by atoms with Crippen LogP contribution in [0.25, 0.3) is 0 Å². The Labute approximate surface area is 218 Å². The van der Waals surface area contributed by atoms with Crippen LogP contribution in [0.2, 0.25) is 0 Å². The summed E-state index contributed by atoms with van der Waals surface area (Å²) in [6.07, 6.45) is 10.2. The van der Waals surface area contributed by atoms with Gasteiger partial charge in [-0.05, 0) is 71.2 Å². The van der Waals surface area contributed by atoms with Crippen molar-refractivity contribution in [2.75, 3.05) is 13.2 Å². The summed E-state index contributed by atoms with van der Waals surface area (Å²) < 4.78 is 11.4. The number of nitrogens with one attached hydrogen (secondary N) is 1. The Bertz CT molecular complexity index is 926. The molecule has 1 N–H and O–H groups in total. The molecule has 36 heavy (non-hydrogen) atoms. The highest BCUT2D eigenvalue weighted by Gasteiger charge is 2.27. The molecule has 0 aliphatic heterocycles. The summed E-state index contributed by atoms with van der Waals surface area (Å²) in [5.41, 5.74) is 4.98. The molecule has 0 aromatic heterocycles. The minimum Gasteiger partial charge on any atom is -0.494 e. The molecule has 2 aromatic carbocycles. The molecule has 5 nitrogen and oxygen atoms in total. The second-order valence-corrected chi connectivity index (χ2v) is 11.4. The lowest BCUT2D eigenvalue weighted by Gasteiger charge is -2.33. The van der Waals surface area contributed by atoms with Gasteiger partial charge in [-0.25, -0.2) is 5.43 Å². The monoisotopic (exact) mass is 494 g/mol. The number of benzene rings is 2. The third kappa shape index (κ3) is 11.7. The van der Waals surface area contributed by atoms with Gasteiger partial charge >= 0.3 is 0 Å². The first-order chi connectivity index (χ1) is 17.1. The van der Waals surface area contributed by atoms with Crippen LogP contribution < -0.4 is 14.9 Å². The second-order valence-electron chi connectivity index (χ2n) is 11.4. The fourth-order valence-electron chi connectivity index (χ4n) is 4.51. The van der Waals surface area contributed by atoms with Crippen molar-refractivity contribution >= 4 is 12.1 Å². The van der Waals surface area contributed by atoms with E-state index in [1.54, 1.807) is 6.21 Å². The summed E-state index contributed by atoms with van der Waals surface area (Å²) in [5.74, 6) is 1.22. The Morgan fingerprint density at radius 1 is 0.833 bits per heavy atom. The molecule has 0 fully saturated rings. The van der Waals surface area contributed by atoms with Crippen LogP contribution in [-0.4, -0.2) is 25.3 Å². The highest BCUT2D eigenvalue weighted by Crippen LogP contribution is 2.36. The summed E-state index contributed by atoms with van der Waals surface area (Å²) in [6.45, 7) is 14.2. The smallest absolute Gasteiger partial charge is 0.277 e. The van der Waals surface area contributed by atoms with Gasteiger partial charge < -0.3 is 9.47 Å². The van der Waals surface area contributed by atoms with Crippen LogP contribution in [-0.2, 0) is 10.2 Å². The molecule has 0 aliphatic carbocycles. The Balaban J connectivity index is 1.69. The van der Waals surface area contributed by atoms with Gasteiger partial charge in [-0.2, -0.15) is 5.10 Å². The number of nitrogens with zero attached hydrogens (tertiary/aromatic N) is 1. The van der Waals surface area contributed by atoms with E-state index in [9.17, 15) is 4.79 Å². The highest BCUT2D eigenvalue weighted by molar-refractivity contribution is 5.83. The summed E-state index contributed by atoms with van der Waals surface area (Å²) in [7, 11) is 0. The van der Waals surface area contributed by atoms with E-state index in [1.165, 1.54) is 37.7 Å². The first kappa shape index (κ1) is 29.4. The topological polar surface area (TPSA) is 59.9 Å². The molecule has 5 heteroatoms. The summed E-state index contributed by atoms with van der Waals surface area (Å²) in [6, 6.07) is 15.7. The van der Waals surface area contributed by atoms with E-state index in [0.29, 0.717) is 5.75 Å². The summed E-state index contributed by atoms with van der Waals surface area (Å²) in [5, 5.41) is 4.03. The van der Waals surface area contributed by atoms with Crippen molar-refractivity contribution in [2.45, 2.75) is 91.9 Å². The van der Waals surface area contributed by atoms with E-state index >= 15 is 0 Å². The Hall–Kier alpha value is -2.82. The molecule has 0 saturated heterocycles. The molecular weight excluding hydrogens is 448 g/mol. The SMILES string of the molecule is CCCCCCCCOc1ccc(C=NNC(=O)COc2ccc(C(C)(C)CC(C)(C)C)cc2)cc1. The number of carbonyl (C=O) groups excluding carboxylic acids is 1. The molecule has 0 spiro atoms. The van der Waals surface area contributed by atoms with E-state index in [-0.39, 0.29) is 23.3 Å². The van der Waals surface area contributed by atoms with Crippen LogP contribution in [0.1, 0.15) is 97.6 Å². The van der Waals surface area contributed by atoms with Crippen molar-refractivity contribution in [3.05, 3.63) is 59.7 Å². The largest absolute Gasteiger partial charge is 0.494 e. The number of hydrazone groups is 1. The fourth-order valence-corrected chi connectivity index (χ4v) is 4.51. The molecule has 0 heterocycles. The lowest BCUT2D eigenvalue weighted by molar-refractivity contribution is -0.123. The Kier molecular flexibility index (Phi) is 12.0. The first-order valence-corrected chi connectivity index (χ1v) is 13.4. The standard InChI is InChI=1S/C31H46N2O3/c1-7-8-9-10-11-12-21-35-27-17-13-25(14-18-27)22-32-33-29(34)23-36-28-19-15-26(16-20-28)31(5,6)24-30(2,3)4/h13-20,22H,7-12,21,23-24H2,1-6H3,(H,33,34). The van der Waals surface area contributed by atoms with Gasteiger partial charge in [-0.15, -0.1) is 0 Å². The Morgan fingerprint density at radius 3 is 2.06 bits per heavy atom. The van der Waals surface area contributed by atoms with Gasteiger partial charge in [0.25, 0.3) is 5.91 Å². The zero-order valence-corrected chi connectivity index (χ0v) is 23.2. The molecule has 0 bridgehead atoms. The van der Waals surface area contributed by atoms with Gasteiger partial charge in [0.1, 0.15) is 11.5 Å². The predicted octanol–water partition coefficient (Wildman–Crippen LogP) is 7.67. The predicted molar refractivity (Wildman–Crippen MR) is 150 cm³/mol. The normalized spacial score (nSPS) is 12.1. The van der Waals surface area contributed by atoms with Crippen molar-refractivity contribution in [2.24, 2.45) is 10.5 Å². The lowest BCUT2D eigenvalue weighted by Crippen LogP contribution is -2.25.